The van der Waals surface area contributed by atoms with Gasteiger partial charge in [0.25, 0.3) is 0 Å². The lowest BCUT2D eigenvalue weighted by Crippen LogP contribution is -2.67. The third kappa shape index (κ3) is 2.73. The molecular formula is C26H25N7O7+2. The van der Waals surface area contributed by atoms with Gasteiger partial charge in [-0.1, -0.05) is 9.69 Å². The molecule has 4 amide bonds. The van der Waals surface area contributed by atoms with E-state index in [1.54, 1.807) is 48.6 Å². The molecule has 0 radical (unpaired) electrons. The molecule has 0 saturated carbocycles. The average molecular weight is 548 g/mol. The number of carbonyl (C=O) groups excluding carboxylic acids is 2. The van der Waals surface area contributed by atoms with E-state index in [9.17, 15) is 34.2 Å². The van der Waals surface area contributed by atoms with Crippen LogP contribution in [0.3, 0.4) is 0 Å². The highest BCUT2D eigenvalue weighted by Gasteiger charge is 2.65. The zero-order valence-electron chi connectivity index (χ0n) is 21.1. The molecule has 0 aromatic carbocycles. The number of likely N-dealkylation sites (tertiary alicyclic amines) is 2. The third-order valence-electron chi connectivity index (χ3n) is 8.67. The number of carbonyl (C=O) groups is 4. The van der Waals surface area contributed by atoms with Crippen LogP contribution in [0.1, 0.15) is 25.7 Å². The summed E-state index contributed by atoms with van der Waals surface area (Å²) in [6.45, 7) is 0.374. The number of rotatable bonds is 4. The summed E-state index contributed by atoms with van der Waals surface area (Å²) in [7, 11) is 0. The van der Waals surface area contributed by atoms with E-state index in [0.717, 1.165) is 14.5 Å². The number of amides is 4. The summed E-state index contributed by atoms with van der Waals surface area (Å²) in [5.74, 6) is -1.19. The Morgan fingerprint density at radius 2 is 1.25 bits per heavy atom. The Balaban J connectivity index is 1.45. The van der Waals surface area contributed by atoms with Crippen LogP contribution < -0.4 is 14.8 Å². The second-order valence-corrected chi connectivity index (χ2v) is 10.4. The molecule has 4 bridgehead atoms. The molecule has 6 aliphatic heterocycles. The van der Waals surface area contributed by atoms with Gasteiger partial charge in [-0.05, 0) is 30.4 Å². The van der Waals surface area contributed by atoms with E-state index in [4.69, 9.17) is 0 Å². The number of H-pyrrole nitrogens is 1. The van der Waals surface area contributed by atoms with Gasteiger partial charge in [0.05, 0.1) is 0 Å². The van der Waals surface area contributed by atoms with Crippen molar-refractivity contribution in [1.82, 2.24) is 33.7 Å². The van der Waals surface area contributed by atoms with Gasteiger partial charge in [-0.2, -0.15) is 0 Å². The van der Waals surface area contributed by atoms with Crippen LogP contribution in [0, 0.1) is 0 Å². The van der Waals surface area contributed by atoms with Crippen LogP contribution >= 0.6 is 0 Å². The van der Waals surface area contributed by atoms with Gasteiger partial charge in [0.2, 0.25) is 0 Å². The summed E-state index contributed by atoms with van der Waals surface area (Å²) >= 11 is 0. The smallest absolute Gasteiger partial charge is 0.408 e. The fourth-order valence-corrected chi connectivity index (χ4v) is 6.96. The predicted octanol–water partition coefficient (Wildman–Crippen LogP) is 1.36. The molecule has 0 unspecified atom stereocenters. The van der Waals surface area contributed by atoms with Crippen molar-refractivity contribution >= 4 is 29.9 Å². The van der Waals surface area contributed by atoms with E-state index >= 15 is 0 Å². The van der Waals surface area contributed by atoms with Gasteiger partial charge in [-0.3, -0.25) is 9.80 Å². The number of carboxylic acid groups (broad SMARTS) is 2. The van der Waals surface area contributed by atoms with Crippen molar-refractivity contribution < 1.29 is 29.4 Å². The second-order valence-electron chi connectivity index (χ2n) is 10.4. The largest absolute Gasteiger partial charge is 0.465 e. The van der Waals surface area contributed by atoms with E-state index in [-0.39, 0.29) is 25.5 Å². The van der Waals surface area contributed by atoms with Crippen molar-refractivity contribution in [3.05, 3.63) is 81.9 Å². The van der Waals surface area contributed by atoms with Crippen molar-refractivity contribution in [2.45, 2.75) is 37.8 Å². The van der Waals surface area contributed by atoms with Gasteiger partial charge in [0.15, 0.2) is 34.9 Å². The van der Waals surface area contributed by atoms with Crippen molar-refractivity contribution in [2.75, 3.05) is 13.1 Å². The fourth-order valence-electron chi connectivity index (χ4n) is 6.96. The van der Waals surface area contributed by atoms with Crippen LogP contribution in [0.5, 0.6) is 0 Å². The van der Waals surface area contributed by atoms with E-state index in [1.807, 2.05) is 0 Å². The Morgan fingerprint density at radius 1 is 0.775 bits per heavy atom. The lowest BCUT2D eigenvalue weighted by Gasteiger charge is -2.36. The highest BCUT2D eigenvalue weighted by atomic mass is 16.4. The Kier molecular flexibility index (Phi) is 4.90. The molecule has 1 aromatic heterocycles. The lowest BCUT2D eigenvalue weighted by molar-refractivity contribution is -0.137. The average Bonchev–Trinajstić information content (AvgIpc) is 3.79. The first-order valence-corrected chi connectivity index (χ1v) is 13.0. The zero-order valence-corrected chi connectivity index (χ0v) is 21.1. The first-order chi connectivity index (χ1) is 19.2. The number of quaternary nitrogens is 2. The number of nitrogens with zero attached hydrogens (tertiary/aromatic N) is 6. The molecule has 6 aliphatic rings. The lowest BCUT2D eigenvalue weighted by atomic mass is 10.1. The molecule has 0 spiro atoms. The van der Waals surface area contributed by atoms with Crippen LogP contribution in [0.15, 0.2) is 76.2 Å². The molecule has 204 valence electrons. The van der Waals surface area contributed by atoms with Crippen molar-refractivity contribution in [2.24, 2.45) is 0 Å². The molecule has 2 saturated heterocycles. The minimum Gasteiger partial charge on any atom is -0.465 e. The fraction of sp³-hybridized carbons (Fsp3) is 0.308. The van der Waals surface area contributed by atoms with Gasteiger partial charge >= 0.3 is 35.6 Å². The summed E-state index contributed by atoms with van der Waals surface area (Å²) < 4.78 is -0.322. The summed E-state index contributed by atoms with van der Waals surface area (Å²) in [6.07, 6.45) is 12.7. The molecule has 2 atom stereocenters. The Bertz CT molecular complexity index is 1630. The van der Waals surface area contributed by atoms with E-state index < -0.39 is 50.8 Å². The predicted molar refractivity (Wildman–Crippen MR) is 138 cm³/mol. The highest BCUT2D eigenvalue weighted by molar-refractivity contribution is 6.02. The van der Waals surface area contributed by atoms with Crippen molar-refractivity contribution in [3.63, 3.8) is 0 Å². The molecule has 1 aromatic rings. The topological polar surface area (TPSA) is 166 Å². The van der Waals surface area contributed by atoms with Gasteiger partial charge in [0.1, 0.15) is 0 Å². The molecule has 0 aliphatic carbocycles. The molecular weight excluding hydrogens is 522 g/mol. The maximum Gasteiger partial charge on any atom is 0.408 e. The van der Waals surface area contributed by atoms with Crippen LogP contribution in [0.25, 0.3) is 0 Å². The van der Waals surface area contributed by atoms with Crippen molar-refractivity contribution in [3.8, 4) is 0 Å². The standard InChI is InChI=1S/C26H23N7O7/c34-21(19-3-1-13-29(19)25(37)38)32(15-5-6-16(32)8-7-15)23-27-28-24(36)31(23)33(17-9-10-18(33)12-11-17)22(35)20-4-2-14-30(20)26(39)40/h5-12,19-20H,1-4,13-14H2,(H-2,28,36,37,38,39,40)/p+2/t19-,20-/m0/s1. The minimum atomic E-state index is -1.23. The number of hydrogen-bond acceptors (Lipinski definition) is 6. The first-order valence-electron chi connectivity index (χ1n) is 13.0. The zero-order chi connectivity index (χ0) is 28.0. The minimum absolute atomic E-state index is 0.108. The number of aromatic amines is 1. The Morgan fingerprint density at radius 3 is 1.73 bits per heavy atom. The molecule has 40 heavy (non-hydrogen) atoms. The third-order valence-corrected chi connectivity index (χ3v) is 8.67. The number of hydrogen-bond donors (Lipinski definition) is 3. The molecule has 14 heteroatoms. The molecule has 2 fully saturated rings. The number of fused-ring (bicyclic) bond motifs is 4. The molecule has 7 heterocycles. The summed E-state index contributed by atoms with van der Waals surface area (Å²) in [4.78, 5) is 69.0. The van der Waals surface area contributed by atoms with Gasteiger partial charge < -0.3 is 10.2 Å². The second kappa shape index (κ2) is 8.09. The van der Waals surface area contributed by atoms with Gasteiger partial charge in [-0.25, -0.2) is 29.1 Å². The molecule has 7 rings (SSSR count). The number of nitrogens with one attached hydrogen (secondary N) is 1. The molecule has 3 N–H and O–H groups in total. The van der Waals surface area contributed by atoms with Crippen LogP contribution in [0.4, 0.5) is 15.5 Å². The van der Waals surface area contributed by atoms with Crippen LogP contribution in [0.2, 0.25) is 0 Å². The van der Waals surface area contributed by atoms with Crippen LogP contribution in [-0.2, 0) is 9.59 Å². The summed E-state index contributed by atoms with van der Waals surface area (Å²) in [5.41, 5.74) is 0.952. The normalized spacial score (nSPS) is 26.3. The van der Waals surface area contributed by atoms with Crippen molar-refractivity contribution in [1.29, 1.82) is 0 Å². The Labute approximate surface area is 226 Å². The van der Waals surface area contributed by atoms with Gasteiger partial charge in [-0.15, -0.1) is 4.48 Å². The monoisotopic (exact) mass is 547 g/mol. The van der Waals surface area contributed by atoms with Gasteiger partial charge in [0, 0.05) is 61.7 Å². The maximum atomic E-state index is 14.5. The quantitative estimate of drug-likeness (QED) is 0.475. The summed E-state index contributed by atoms with van der Waals surface area (Å²) in [6, 6.07) is -2.04. The van der Waals surface area contributed by atoms with E-state index in [0.29, 0.717) is 42.1 Å². The number of allylic oxidation sites excluding steroid dienone is 8. The Hall–Kier alpha value is -4.82. The highest BCUT2D eigenvalue weighted by Crippen LogP contribution is 2.48. The van der Waals surface area contributed by atoms with Crippen LogP contribution in [-0.4, -0.2) is 84.1 Å². The van der Waals surface area contributed by atoms with E-state index in [1.165, 1.54) is 0 Å². The maximum absolute atomic E-state index is 14.5. The van der Waals surface area contributed by atoms with E-state index in [2.05, 4.69) is 10.2 Å². The SMILES string of the molecule is O=C(O)N1CCC[C@H]1C(=O)[N+]1(c2n[nH]c(=O)n2[N+]2(C(=O)[C@@H]3CCCN3C(=O)O)C3=CC=C2C=C3)C2=CC=C1C=C2. The number of aromatic nitrogens is 3. The summed E-state index contributed by atoms with van der Waals surface area (Å²) in [5, 5.41) is 26.4. The first kappa shape index (κ1) is 24.2. The molecule has 14 nitrogen and oxygen atoms in total.